The molecule has 0 atom stereocenters. The van der Waals surface area contributed by atoms with Gasteiger partial charge in [0.15, 0.2) is 4.67 Å². The third-order valence-corrected chi connectivity index (χ3v) is 5.40. The molecule has 0 radical (unpaired) electrons. The minimum absolute atomic E-state index is 0.250. The minimum atomic E-state index is -0.285. The Morgan fingerprint density at radius 3 is 2.48 bits per heavy atom. The second-order valence-corrected chi connectivity index (χ2v) is 8.11. The second kappa shape index (κ2) is 6.84. The van der Waals surface area contributed by atoms with Crippen LogP contribution < -0.4 is 5.32 Å². The number of nitrogens with one attached hydrogen (secondary N) is 1. The number of nitrogens with zero attached hydrogens (tertiary/aromatic N) is 1. The van der Waals surface area contributed by atoms with E-state index < -0.39 is 0 Å². The molecule has 21 heavy (non-hydrogen) atoms. The number of rotatable bonds is 3. The van der Waals surface area contributed by atoms with Gasteiger partial charge in [-0.1, -0.05) is 20.8 Å². The summed E-state index contributed by atoms with van der Waals surface area (Å²) in [5.41, 5.74) is -0.285. The fraction of sp³-hybridized carbons (Fsp3) is 0.667. The number of hydrogen-bond acceptors (Lipinski definition) is 3. The van der Waals surface area contributed by atoms with E-state index >= 15 is 0 Å². The second-order valence-electron chi connectivity index (χ2n) is 6.53. The minimum Gasteiger partial charge on any atom is -0.452 e. The van der Waals surface area contributed by atoms with Crippen molar-refractivity contribution in [2.45, 2.75) is 46.2 Å². The van der Waals surface area contributed by atoms with E-state index in [1.165, 1.54) is 0 Å². The Kier molecular flexibility index (Phi) is 5.54. The molecule has 1 fully saturated rings. The number of piperidine rings is 1. The lowest BCUT2D eigenvalue weighted by Gasteiger charge is -2.36. The normalized spacial score (nSPS) is 17.3. The zero-order valence-corrected chi connectivity index (χ0v) is 15.9. The van der Waals surface area contributed by atoms with Crippen LogP contribution in [0.4, 0.5) is 0 Å². The van der Waals surface area contributed by atoms with E-state index in [-0.39, 0.29) is 11.3 Å². The molecule has 1 aromatic rings. The Bertz CT molecular complexity index is 481. The monoisotopic (exact) mass is 420 g/mol. The molecule has 118 valence electrons. The molecule has 0 saturated carbocycles. The van der Waals surface area contributed by atoms with Gasteiger partial charge in [-0.15, -0.1) is 0 Å². The molecule has 0 spiro atoms. The highest BCUT2D eigenvalue weighted by molar-refractivity contribution is 9.13. The van der Waals surface area contributed by atoms with Crippen molar-refractivity contribution in [1.29, 1.82) is 0 Å². The summed E-state index contributed by atoms with van der Waals surface area (Å²) in [7, 11) is 0. The standard InChI is InChI=1S/C15H22Br2N2O2/c1-15(2,3)14(20)19-6-4-10(5-7-19)18-9-11-8-12(16)13(17)21-11/h8,10,18H,4-7,9H2,1-3H3. The van der Waals surface area contributed by atoms with Crippen LogP contribution in [0.1, 0.15) is 39.4 Å². The lowest BCUT2D eigenvalue weighted by Crippen LogP contribution is -2.48. The number of halogens is 2. The van der Waals surface area contributed by atoms with Crippen molar-refractivity contribution < 1.29 is 9.21 Å². The summed E-state index contributed by atoms with van der Waals surface area (Å²) in [6.07, 6.45) is 1.98. The van der Waals surface area contributed by atoms with E-state index in [2.05, 4.69) is 37.2 Å². The van der Waals surface area contributed by atoms with Crippen molar-refractivity contribution >= 4 is 37.8 Å². The number of carbonyl (C=O) groups excluding carboxylic acids is 1. The molecule has 2 rings (SSSR count). The highest BCUT2D eigenvalue weighted by Crippen LogP contribution is 2.27. The van der Waals surface area contributed by atoms with Gasteiger partial charge in [-0.25, -0.2) is 0 Å². The Hall–Kier alpha value is -0.330. The predicted molar refractivity (Wildman–Crippen MR) is 90.0 cm³/mol. The number of amides is 1. The first-order valence-corrected chi connectivity index (χ1v) is 8.82. The molecule has 1 aliphatic heterocycles. The van der Waals surface area contributed by atoms with Crippen LogP contribution in [0, 0.1) is 5.41 Å². The van der Waals surface area contributed by atoms with E-state index in [0.717, 1.165) is 40.8 Å². The molecule has 0 bridgehead atoms. The Labute approximate surface area is 142 Å². The van der Waals surface area contributed by atoms with Gasteiger partial charge < -0.3 is 14.6 Å². The largest absolute Gasteiger partial charge is 0.452 e. The Morgan fingerprint density at radius 2 is 2.00 bits per heavy atom. The molecule has 1 amide bonds. The number of furan rings is 1. The van der Waals surface area contributed by atoms with Crippen LogP contribution in [0.15, 0.2) is 19.6 Å². The van der Waals surface area contributed by atoms with E-state index in [0.29, 0.717) is 12.6 Å². The maximum Gasteiger partial charge on any atom is 0.227 e. The summed E-state index contributed by atoms with van der Waals surface area (Å²) in [4.78, 5) is 14.2. The van der Waals surface area contributed by atoms with Gasteiger partial charge in [-0.2, -0.15) is 0 Å². The van der Waals surface area contributed by atoms with Gasteiger partial charge in [0, 0.05) is 24.5 Å². The Balaban J connectivity index is 1.78. The van der Waals surface area contributed by atoms with Crippen LogP contribution >= 0.6 is 31.9 Å². The molecule has 1 N–H and O–H groups in total. The average molecular weight is 422 g/mol. The van der Waals surface area contributed by atoms with Crippen molar-refractivity contribution in [2.24, 2.45) is 5.41 Å². The molecule has 1 saturated heterocycles. The molecular weight excluding hydrogens is 400 g/mol. The molecular formula is C15H22Br2N2O2. The lowest BCUT2D eigenvalue weighted by molar-refractivity contribution is -0.140. The quantitative estimate of drug-likeness (QED) is 0.803. The van der Waals surface area contributed by atoms with Gasteiger partial charge in [0.2, 0.25) is 5.91 Å². The molecule has 0 unspecified atom stereocenters. The van der Waals surface area contributed by atoms with Gasteiger partial charge in [-0.3, -0.25) is 4.79 Å². The number of carbonyl (C=O) groups is 1. The summed E-state index contributed by atoms with van der Waals surface area (Å²) in [5.74, 6) is 1.15. The fourth-order valence-corrected chi connectivity index (χ4v) is 3.14. The summed E-state index contributed by atoms with van der Waals surface area (Å²) in [6, 6.07) is 2.41. The summed E-state index contributed by atoms with van der Waals surface area (Å²) < 4.78 is 7.21. The third kappa shape index (κ3) is 4.57. The van der Waals surface area contributed by atoms with Crippen LogP contribution in [0.5, 0.6) is 0 Å². The first kappa shape index (κ1) is 17.0. The SMILES string of the molecule is CC(C)(C)C(=O)N1CCC(NCc2cc(Br)c(Br)o2)CC1. The van der Waals surface area contributed by atoms with E-state index in [1.54, 1.807) is 0 Å². The van der Waals surface area contributed by atoms with E-state index in [1.807, 2.05) is 31.7 Å². The molecule has 1 aromatic heterocycles. The van der Waals surface area contributed by atoms with Gasteiger partial charge in [0.05, 0.1) is 11.0 Å². The topological polar surface area (TPSA) is 45.5 Å². The van der Waals surface area contributed by atoms with Crippen molar-refractivity contribution in [2.75, 3.05) is 13.1 Å². The zero-order chi connectivity index (χ0) is 15.6. The van der Waals surface area contributed by atoms with Crippen LogP contribution in [-0.4, -0.2) is 29.9 Å². The highest BCUT2D eigenvalue weighted by atomic mass is 79.9. The van der Waals surface area contributed by atoms with Gasteiger partial charge in [0.25, 0.3) is 0 Å². The third-order valence-electron chi connectivity index (χ3n) is 3.68. The number of likely N-dealkylation sites (tertiary alicyclic amines) is 1. The van der Waals surface area contributed by atoms with E-state index in [9.17, 15) is 4.79 Å². The smallest absolute Gasteiger partial charge is 0.227 e. The molecule has 0 aliphatic carbocycles. The van der Waals surface area contributed by atoms with Crippen molar-refractivity contribution in [3.8, 4) is 0 Å². The van der Waals surface area contributed by atoms with Crippen LogP contribution in [0.2, 0.25) is 0 Å². The first-order valence-electron chi connectivity index (χ1n) is 7.24. The van der Waals surface area contributed by atoms with Crippen molar-refractivity contribution in [3.05, 3.63) is 21.0 Å². The average Bonchev–Trinajstić information content (AvgIpc) is 2.74. The van der Waals surface area contributed by atoms with Crippen LogP contribution in [0.25, 0.3) is 0 Å². The zero-order valence-electron chi connectivity index (χ0n) is 12.7. The van der Waals surface area contributed by atoms with Crippen molar-refractivity contribution in [1.82, 2.24) is 10.2 Å². The van der Waals surface area contributed by atoms with E-state index in [4.69, 9.17) is 4.42 Å². The van der Waals surface area contributed by atoms with Crippen LogP contribution in [-0.2, 0) is 11.3 Å². The molecule has 6 heteroatoms. The Morgan fingerprint density at radius 1 is 1.38 bits per heavy atom. The lowest BCUT2D eigenvalue weighted by atomic mass is 9.93. The fourth-order valence-electron chi connectivity index (χ4n) is 2.48. The number of hydrogen-bond donors (Lipinski definition) is 1. The maximum atomic E-state index is 12.2. The molecule has 4 nitrogen and oxygen atoms in total. The van der Waals surface area contributed by atoms with Crippen LogP contribution in [0.3, 0.4) is 0 Å². The summed E-state index contributed by atoms with van der Waals surface area (Å²) >= 11 is 6.75. The molecule has 1 aliphatic rings. The van der Waals surface area contributed by atoms with Gasteiger partial charge in [-0.05, 0) is 50.8 Å². The molecule has 0 aromatic carbocycles. The van der Waals surface area contributed by atoms with Crippen molar-refractivity contribution in [3.63, 3.8) is 0 Å². The van der Waals surface area contributed by atoms with Gasteiger partial charge in [0.1, 0.15) is 5.76 Å². The molecule has 2 heterocycles. The predicted octanol–water partition coefficient (Wildman–Crippen LogP) is 3.93. The first-order chi connectivity index (χ1) is 9.77. The van der Waals surface area contributed by atoms with Gasteiger partial charge >= 0.3 is 0 Å². The maximum absolute atomic E-state index is 12.2. The summed E-state index contributed by atoms with van der Waals surface area (Å²) in [6.45, 7) is 8.31. The summed E-state index contributed by atoms with van der Waals surface area (Å²) in [5, 5.41) is 3.50. The highest BCUT2D eigenvalue weighted by Gasteiger charge is 2.30.